The van der Waals surface area contributed by atoms with Gasteiger partial charge in [0.25, 0.3) is 0 Å². The average Bonchev–Trinajstić information content (AvgIpc) is 2.76. The van der Waals surface area contributed by atoms with Crippen molar-refractivity contribution in [2.24, 2.45) is 5.92 Å². The molecule has 6 heteroatoms. The number of benzene rings is 1. The van der Waals surface area contributed by atoms with Crippen molar-refractivity contribution in [1.29, 1.82) is 0 Å². The molecule has 0 bridgehead atoms. The van der Waals surface area contributed by atoms with E-state index in [2.05, 4.69) is 53.4 Å². The first-order valence-electron chi connectivity index (χ1n) is 10.4. The van der Waals surface area contributed by atoms with Gasteiger partial charge >= 0.3 is 6.01 Å². The number of fused-ring (bicyclic) bond motifs is 1. The van der Waals surface area contributed by atoms with Crippen LogP contribution in [0.4, 0.5) is 5.69 Å². The lowest BCUT2D eigenvalue weighted by Gasteiger charge is -2.44. The third-order valence-corrected chi connectivity index (χ3v) is 5.98. The lowest BCUT2D eigenvalue weighted by atomic mass is 9.81. The Balaban J connectivity index is 1.81. The van der Waals surface area contributed by atoms with E-state index in [9.17, 15) is 4.79 Å². The number of carbonyl (C=O) groups is 1. The van der Waals surface area contributed by atoms with Crippen LogP contribution in [0.1, 0.15) is 50.8 Å². The first-order chi connectivity index (χ1) is 14.1. The lowest BCUT2D eigenvalue weighted by Crippen LogP contribution is -2.49. The summed E-state index contributed by atoms with van der Waals surface area (Å²) in [6, 6.07) is 8.61. The number of nitrogens with zero attached hydrogens (tertiary/aromatic N) is 3. The zero-order chi connectivity index (χ0) is 20.4. The van der Waals surface area contributed by atoms with Crippen LogP contribution in [0.25, 0.3) is 5.57 Å². The Morgan fingerprint density at radius 1 is 1.31 bits per heavy atom. The van der Waals surface area contributed by atoms with Crippen LogP contribution >= 0.6 is 0 Å². The summed E-state index contributed by atoms with van der Waals surface area (Å²) in [6.07, 6.45) is 7.25. The van der Waals surface area contributed by atoms with Gasteiger partial charge in [0.05, 0.1) is 5.69 Å². The minimum Gasteiger partial charge on any atom is -0.455 e. The van der Waals surface area contributed by atoms with Crippen molar-refractivity contribution in [3.8, 4) is 6.01 Å². The topological polar surface area (TPSA) is 67.4 Å². The number of rotatable bonds is 4. The molecule has 6 nitrogen and oxygen atoms in total. The molecular formula is C23H28N4O2. The van der Waals surface area contributed by atoms with Crippen molar-refractivity contribution >= 4 is 17.2 Å². The predicted molar refractivity (Wildman–Crippen MR) is 114 cm³/mol. The Kier molecular flexibility index (Phi) is 5.62. The number of aromatic nitrogens is 2. The molecule has 1 aromatic heterocycles. The largest absolute Gasteiger partial charge is 0.455 e. The molecule has 2 aromatic rings. The molecule has 3 heterocycles. The molecule has 2 aliphatic heterocycles. The molecule has 3 atom stereocenters. The van der Waals surface area contributed by atoms with Crippen molar-refractivity contribution in [3.63, 3.8) is 0 Å². The third kappa shape index (κ3) is 3.77. The Bertz CT molecular complexity index is 912. The molecule has 2 aliphatic rings. The molecule has 0 radical (unpaired) electrons. The van der Waals surface area contributed by atoms with E-state index in [-0.39, 0.29) is 24.0 Å². The molecule has 1 aromatic carbocycles. The molecule has 0 saturated heterocycles. The molecule has 0 unspecified atom stereocenters. The van der Waals surface area contributed by atoms with Gasteiger partial charge in [-0.05, 0) is 48.7 Å². The van der Waals surface area contributed by atoms with Gasteiger partial charge in [-0.3, -0.25) is 4.79 Å². The first kappa shape index (κ1) is 19.6. The third-order valence-electron chi connectivity index (χ3n) is 5.98. The van der Waals surface area contributed by atoms with Crippen LogP contribution in [-0.2, 0) is 4.79 Å². The Morgan fingerprint density at radius 2 is 2.10 bits per heavy atom. The number of anilines is 1. The van der Waals surface area contributed by atoms with Crippen LogP contribution in [0.2, 0.25) is 0 Å². The van der Waals surface area contributed by atoms with E-state index in [1.807, 2.05) is 4.90 Å². The Hall–Kier alpha value is -2.73. The zero-order valence-electron chi connectivity index (χ0n) is 17.3. The van der Waals surface area contributed by atoms with Crippen molar-refractivity contribution < 1.29 is 9.53 Å². The molecule has 0 fully saturated rings. The van der Waals surface area contributed by atoms with E-state index in [1.54, 1.807) is 25.4 Å². The zero-order valence-corrected chi connectivity index (χ0v) is 17.3. The monoisotopic (exact) mass is 392 g/mol. The fraction of sp³-hybridized carbons (Fsp3) is 0.435. The number of amides is 1. The number of hydrogen-bond acceptors (Lipinski definition) is 5. The van der Waals surface area contributed by atoms with Gasteiger partial charge in [-0.2, -0.15) is 0 Å². The highest BCUT2D eigenvalue weighted by molar-refractivity contribution is 5.94. The number of carbonyl (C=O) groups excluding carboxylic acids is 1. The van der Waals surface area contributed by atoms with E-state index >= 15 is 0 Å². The van der Waals surface area contributed by atoms with Crippen LogP contribution in [0.15, 0.2) is 42.7 Å². The number of ether oxygens (including phenoxy) is 1. The van der Waals surface area contributed by atoms with Gasteiger partial charge in [0.2, 0.25) is 5.91 Å². The van der Waals surface area contributed by atoms with Crippen LogP contribution < -0.4 is 15.0 Å². The fourth-order valence-electron chi connectivity index (χ4n) is 4.57. The van der Waals surface area contributed by atoms with E-state index in [0.717, 1.165) is 37.2 Å². The highest BCUT2D eigenvalue weighted by Gasteiger charge is 2.41. The minimum absolute atomic E-state index is 0.0631. The molecule has 0 aliphatic carbocycles. The summed E-state index contributed by atoms with van der Waals surface area (Å²) < 4.78 is 6.30. The van der Waals surface area contributed by atoms with Crippen molar-refractivity contribution in [2.75, 3.05) is 18.0 Å². The summed E-state index contributed by atoms with van der Waals surface area (Å²) >= 11 is 0. The van der Waals surface area contributed by atoms with Gasteiger partial charge < -0.3 is 15.0 Å². The molecular weight excluding hydrogens is 364 g/mol. The van der Waals surface area contributed by atoms with E-state index in [1.165, 1.54) is 11.1 Å². The second-order valence-corrected chi connectivity index (χ2v) is 7.75. The fourth-order valence-corrected chi connectivity index (χ4v) is 4.57. The highest BCUT2D eigenvalue weighted by Crippen LogP contribution is 2.44. The van der Waals surface area contributed by atoms with Gasteiger partial charge in [0, 0.05) is 43.4 Å². The molecule has 0 saturated carbocycles. The summed E-state index contributed by atoms with van der Waals surface area (Å²) in [5, 5.41) is 3.36. The van der Waals surface area contributed by atoms with Crippen molar-refractivity contribution in [3.05, 3.63) is 53.9 Å². The molecule has 1 N–H and O–H groups in total. The van der Waals surface area contributed by atoms with E-state index in [0.29, 0.717) is 6.01 Å². The summed E-state index contributed by atoms with van der Waals surface area (Å²) in [5.74, 6) is 0.172. The maximum absolute atomic E-state index is 12.6. The lowest BCUT2D eigenvalue weighted by molar-refractivity contribution is -0.117. The van der Waals surface area contributed by atoms with Gasteiger partial charge in [-0.1, -0.05) is 26.0 Å². The quantitative estimate of drug-likeness (QED) is 0.858. The van der Waals surface area contributed by atoms with Gasteiger partial charge in [0.15, 0.2) is 0 Å². The second kappa shape index (κ2) is 8.33. The standard InChI is InChI=1S/C23H28N4O2/c1-4-20-15(2)22(29-23-25-10-5-11-26-23)19-14-18(17-8-12-24-13-9-17)6-7-21(19)27(20)16(3)28/h5-8,10-11,14-15,20,22,24H,4,9,12-13H2,1-3H3/t15-,20-,22+/m0/s1. The summed E-state index contributed by atoms with van der Waals surface area (Å²) in [6.45, 7) is 7.78. The molecule has 1 amide bonds. The second-order valence-electron chi connectivity index (χ2n) is 7.75. The van der Waals surface area contributed by atoms with Gasteiger partial charge in [0.1, 0.15) is 6.10 Å². The normalized spacial score (nSPS) is 23.9. The summed E-state index contributed by atoms with van der Waals surface area (Å²) in [5.41, 5.74) is 4.49. The molecule has 0 spiro atoms. The first-order valence-corrected chi connectivity index (χ1v) is 10.4. The summed E-state index contributed by atoms with van der Waals surface area (Å²) in [4.78, 5) is 23.0. The predicted octanol–water partition coefficient (Wildman–Crippen LogP) is 3.75. The van der Waals surface area contributed by atoms with Crippen LogP contribution in [0.3, 0.4) is 0 Å². The maximum atomic E-state index is 12.6. The minimum atomic E-state index is -0.213. The van der Waals surface area contributed by atoms with Crippen LogP contribution in [-0.4, -0.2) is 35.0 Å². The van der Waals surface area contributed by atoms with E-state index < -0.39 is 0 Å². The van der Waals surface area contributed by atoms with Crippen LogP contribution in [0, 0.1) is 5.92 Å². The molecule has 4 rings (SSSR count). The Morgan fingerprint density at radius 3 is 2.76 bits per heavy atom. The van der Waals surface area contributed by atoms with Gasteiger partial charge in [-0.25, -0.2) is 9.97 Å². The number of hydrogen-bond donors (Lipinski definition) is 1. The number of nitrogens with one attached hydrogen (secondary N) is 1. The SMILES string of the molecule is CC[C@H]1[C@H](C)[C@@H](Oc2ncccn2)c2cc(C3=CCNCC3)ccc2N1C(C)=O. The molecule has 152 valence electrons. The maximum Gasteiger partial charge on any atom is 0.316 e. The average molecular weight is 393 g/mol. The summed E-state index contributed by atoms with van der Waals surface area (Å²) in [7, 11) is 0. The van der Waals surface area contributed by atoms with E-state index in [4.69, 9.17) is 4.74 Å². The van der Waals surface area contributed by atoms with Crippen molar-refractivity contribution in [2.45, 2.75) is 45.8 Å². The highest BCUT2D eigenvalue weighted by atomic mass is 16.5. The Labute approximate surface area is 172 Å². The van der Waals surface area contributed by atoms with Crippen molar-refractivity contribution in [1.82, 2.24) is 15.3 Å². The van der Waals surface area contributed by atoms with Gasteiger partial charge in [-0.15, -0.1) is 0 Å². The molecule has 29 heavy (non-hydrogen) atoms. The van der Waals surface area contributed by atoms with Crippen LogP contribution in [0.5, 0.6) is 6.01 Å². The smallest absolute Gasteiger partial charge is 0.316 e.